The van der Waals surface area contributed by atoms with Gasteiger partial charge in [0.1, 0.15) is 11.4 Å². The SMILES string of the molecule is CC1(Oc2cccc3c2CCC3)CCNCC1. The minimum Gasteiger partial charge on any atom is -0.487 e. The molecule has 1 saturated heterocycles. The number of piperidine rings is 1. The van der Waals surface area contributed by atoms with Crippen LogP contribution < -0.4 is 10.1 Å². The van der Waals surface area contributed by atoms with Gasteiger partial charge in [0.05, 0.1) is 0 Å². The minimum absolute atomic E-state index is 0.0307. The molecule has 1 heterocycles. The fourth-order valence-electron chi connectivity index (χ4n) is 3.00. The predicted octanol–water partition coefficient (Wildman–Crippen LogP) is 2.70. The summed E-state index contributed by atoms with van der Waals surface area (Å²) in [5.41, 5.74) is 3.00. The summed E-state index contributed by atoms with van der Waals surface area (Å²) in [6.45, 7) is 4.40. The molecule has 1 aromatic rings. The highest BCUT2D eigenvalue weighted by molar-refractivity contribution is 5.43. The van der Waals surface area contributed by atoms with Gasteiger partial charge in [-0.05, 0) is 69.3 Å². The molecule has 92 valence electrons. The van der Waals surface area contributed by atoms with E-state index in [9.17, 15) is 0 Å². The van der Waals surface area contributed by atoms with E-state index in [0.717, 1.165) is 31.7 Å². The molecular weight excluding hydrogens is 210 g/mol. The summed E-state index contributed by atoms with van der Waals surface area (Å²) in [4.78, 5) is 0. The minimum atomic E-state index is 0.0307. The molecule has 1 aromatic carbocycles. The van der Waals surface area contributed by atoms with Gasteiger partial charge in [-0.25, -0.2) is 0 Å². The van der Waals surface area contributed by atoms with Crippen LogP contribution in [0.25, 0.3) is 0 Å². The second-order valence-electron chi connectivity index (χ2n) is 5.55. The molecule has 1 aliphatic heterocycles. The van der Waals surface area contributed by atoms with Crippen molar-refractivity contribution < 1.29 is 4.74 Å². The summed E-state index contributed by atoms with van der Waals surface area (Å²) in [6.07, 6.45) is 5.92. The fraction of sp³-hybridized carbons (Fsp3) is 0.600. The highest BCUT2D eigenvalue weighted by atomic mass is 16.5. The molecule has 2 aliphatic rings. The van der Waals surface area contributed by atoms with E-state index < -0.39 is 0 Å². The van der Waals surface area contributed by atoms with Crippen molar-refractivity contribution in [3.8, 4) is 5.75 Å². The van der Waals surface area contributed by atoms with E-state index in [4.69, 9.17) is 4.74 Å². The Hall–Kier alpha value is -1.02. The first-order chi connectivity index (χ1) is 8.27. The van der Waals surface area contributed by atoms with Crippen molar-refractivity contribution in [3.63, 3.8) is 0 Å². The Bertz CT molecular complexity index is 407. The largest absolute Gasteiger partial charge is 0.487 e. The number of hydrogen-bond donors (Lipinski definition) is 1. The van der Waals surface area contributed by atoms with E-state index in [0.29, 0.717) is 0 Å². The summed E-state index contributed by atoms with van der Waals surface area (Å²) >= 11 is 0. The number of nitrogens with one attached hydrogen (secondary N) is 1. The maximum atomic E-state index is 6.35. The van der Waals surface area contributed by atoms with Crippen LogP contribution in [0, 0.1) is 0 Å². The molecule has 0 radical (unpaired) electrons. The molecule has 3 rings (SSSR count). The average molecular weight is 231 g/mol. The van der Waals surface area contributed by atoms with Crippen molar-refractivity contribution in [1.82, 2.24) is 5.32 Å². The molecule has 0 atom stereocenters. The van der Waals surface area contributed by atoms with Crippen LogP contribution in [0.3, 0.4) is 0 Å². The molecule has 0 spiro atoms. The highest BCUT2D eigenvalue weighted by Crippen LogP contribution is 2.34. The van der Waals surface area contributed by atoms with E-state index >= 15 is 0 Å². The molecule has 17 heavy (non-hydrogen) atoms. The quantitative estimate of drug-likeness (QED) is 0.845. The Labute approximate surface area is 103 Å². The third-order valence-corrected chi connectivity index (χ3v) is 4.12. The van der Waals surface area contributed by atoms with Crippen LogP contribution in [0.2, 0.25) is 0 Å². The maximum absolute atomic E-state index is 6.35. The standard InChI is InChI=1S/C15H21NO/c1-15(8-10-16-11-9-15)17-14-7-3-5-12-4-2-6-13(12)14/h3,5,7,16H,2,4,6,8-11H2,1H3. The topological polar surface area (TPSA) is 21.3 Å². The summed E-state index contributed by atoms with van der Waals surface area (Å²) in [6, 6.07) is 6.54. The third-order valence-electron chi connectivity index (χ3n) is 4.12. The smallest absolute Gasteiger partial charge is 0.123 e. The van der Waals surface area contributed by atoms with Crippen molar-refractivity contribution in [2.24, 2.45) is 0 Å². The van der Waals surface area contributed by atoms with Gasteiger partial charge in [-0.3, -0.25) is 0 Å². The summed E-state index contributed by atoms with van der Waals surface area (Å²) in [5.74, 6) is 1.14. The molecule has 0 amide bonds. The van der Waals surface area contributed by atoms with E-state index in [-0.39, 0.29) is 5.60 Å². The first-order valence-corrected chi connectivity index (χ1v) is 6.77. The molecule has 1 aliphatic carbocycles. The number of fused-ring (bicyclic) bond motifs is 1. The molecule has 2 heteroatoms. The first kappa shape index (κ1) is 11.1. The van der Waals surface area contributed by atoms with Gasteiger partial charge >= 0.3 is 0 Å². The van der Waals surface area contributed by atoms with Gasteiger partial charge in [-0.15, -0.1) is 0 Å². The Morgan fingerprint density at radius 1 is 1.18 bits per heavy atom. The van der Waals surface area contributed by atoms with Crippen molar-refractivity contribution in [1.29, 1.82) is 0 Å². The zero-order valence-corrected chi connectivity index (χ0v) is 10.6. The first-order valence-electron chi connectivity index (χ1n) is 6.77. The number of hydrogen-bond acceptors (Lipinski definition) is 2. The van der Waals surface area contributed by atoms with E-state index in [1.807, 2.05) is 0 Å². The number of aryl methyl sites for hydroxylation is 1. The van der Waals surface area contributed by atoms with Gasteiger partial charge < -0.3 is 10.1 Å². The molecule has 1 fully saturated rings. The van der Waals surface area contributed by atoms with E-state index in [1.54, 1.807) is 0 Å². The van der Waals surface area contributed by atoms with Gasteiger partial charge in [0.25, 0.3) is 0 Å². The molecule has 0 aromatic heterocycles. The molecule has 1 N–H and O–H groups in total. The van der Waals surface area contributed by atoms with Gasteiger partial charge in [0.2, 0.25) is 0 Å². The Balaban J connectivity index is 1.83. The lowest BCUT2D eigenvalue weighted by Crippen LogP contribution is -2.44. The Morgan fingerprint density at radius 2 is 2.00 bits per heavy atom. The van der Waals surface area contributed by atoms with E-state index in [2.05, 4.69) is 30.4 Å². The number of rotatable bonds is 2. The Morgan fingerprint density at radius 3 is 2.82 bits per heavy atom. The zero-order chi connectivity index (χ0) is 11.7. The lowest BCUT2D eigenvalue weighted by Gasteiger charge is -2.35. The van der Waals surface area contributed by atoms with Crippen LogP contribution in [-0.2, 0) is 12.8 Å². The normalized spacial score (nSPS) is 22.2. The van der Waals surface area contributed by atoms with Crippen LogP contribution in [-0.4, -0.2) is 18.7 Å². The van der Waals surface area contributed by atoms with Crippen molar-refractivity contribution in [3.05, 3.63) is 29.3 Å². The van der Waals surface area contributed by atoms with Crippen LogP contribution in [0.4, 0.5) is 0 Å². The maximum Gasteiger partial charge on any atom is 0.123 e. The monoisotopic (exact) mass is 231 g/mol. The van der Waals surface area contributed by atoms with Gasteiger partial charge in [0.15, 0.2) is 0 Å². The summed E-state index contributed by atoms with van der Waals surface area (Å²) in [7, 11) is 0. The zero-order valence-electron chi connectivity index (χ0n) is 10.6. The average Bonchev–Trinajstić information content (AvgIpc) is 2.79. The summed E-state index contributed by atoms with van der Waals surface area (Å²) in [5, 5.41) is 3.40. The molecular formula is C15H21NO. The third kappa shape index (κ3) is 2.19. The second kappa shape index (κ2) is 4.34. The van der Waals surface area contributed by atoms with Crippen LogP contribution >= 0.6 is 0 Å². The predicted molar refractivity (Wildman–Crippen MR) is 69.6 cm³/mol. The molecule has 2 nitrogen and oxygen atoms in total. The number of benzene rings is 1. The lowest BCUT2D eigenvalue weighted by atomic mass is 9.94. The van der Waals surface area contributed by atoms with Crippen LogP contribution in [0.1, 0.15) is 37.3 Å². The molecule has 0 bridgehead atoms. The highest BCUT2D eigenvalue weighted by Gasteiger charge is 2.30. The van der Waals surface area contributed by atoms with Crippen molar-refractivity contribution >= 4 is 0 Å². The van der Waals surface area contributed by atoms with E-state index in [1.165, 1.54) is 30.4 Å². The fourth-order valence-corrected chi connectivity index (χ4v) is 3.00. The van der Waals surface area contributed by atoms with Gasteiger partial charge in [0, 0.05) is 0 Å². The second-order valence-corrected chi connectivity index (χ2v) is 5.55. The van der Waals surface area contributed by atoms with Crippen LogP contribution in [0.15, 0.2) is 18.2 Å². The van der Waals surface area contributed by atoms with Crippen molar-refractivity contribution in [2.75, 3.05) is 13.1 Å². The lowest BCUT2D eigenvalue weighted by molar-refractivity contribution is 0.0547. The molecule has 0 saturated carbocycles. The molecule has 0 unspecified atom stereocenters. The van der Waals surface area contributed by atoms with Crippen LogP contribution in [0.5, 0.6) is 5.75 Å². The Kier molecular flexibility index (Phi) is 2.83. The van der Waals surface area contributed by atoms with Gasteiger partial charge in [-0.1, -0.05) is 12.1 Å². The summed E-state index contributed by atoms with van der Waals surface area (Å²) < 4.78 is 6.35. The van der Waals surface area contributed by atoms with Gasteiger partial charge in [-0.2, -0.15) is 0 Å². The number of ether oxygens (including phenoxy) is 1. The van der Waals surface area contributed by atoms with Crippen molar-refractivity contribution in [2.45, 2.75) is 44.6 Å².